The molecule has 0 N–H and O–H groups in total. The highest BCUT2D eigenvalue weighted by atomic mass is 16.7. The minimum absolute atomic E-state index is 0.0210. The summed E-state index contributed by atoms with van der Waals surface area (Å²) < 4.78 is 22.1. The van der Waals surface area contributed by atoms with E-state index in [9.17, 15) is 4.79 Å². The van der Waals surface area contributed by atoms with Gasteiger partial charge in [-0.2, -0.15) is 0 Å². The number of fused-ring (bicyclic) bond motifs is 2. The van der Waals surface area contributed by atoms with Crippen molar-refractivity contribution >= 4 is 5.78 Å². The number of aryl methyl sites for hydroxylation is 1. The van der Waals surface area contributed by atoms with Gasteiger partial charge in [0.05, 0.1) is 13.4 Å². The number of carbonyl (C=O) groups is 1. The number of rotatable bonds is 6. The molecule has 0 amide bonds. The van der Waals surface area contributed by atoms with E-state index in [1.165, 1.54) is 5.56 Å². The molecule has 4 rings (SSSR count). The fraction of sp³-hybridized carbons (Fsp3) is 0.450. The van der Waals surface area contributed by atoms with Crippen molar-refractivity contribution in [1.82, 2.24) is 4.90 Å². The van der Waals surface area contributed by atoms with Crippen molar-refractivity contribution in [1.29, 1.82) is 0 Å². The van der Waals surface area contributed by atoms with Gasteiger partial charge in [-0.3, -0.25) is 9.69 Å². The van der Waals surface area contributed by atoms with Gasteiger partial charge in [0, 0.05) is 37.4 Å². The van der Waals surface area contributed by atoms with Crippen LogP contribution in [0.15, 0.2) is 28.9 Å². The van der Waals surface area contributed by atoms with Crippen LogP contribution < -0.4 is 14.2 Å². The topological polar surface area (TPSA) is 61.1 Å². The second kappa shape index (κ2) is 7.03. The number of furan rings is 1. The average Bonchev–Trinajstić information content (AvgIpc) is 3.32. The van der Waals surface area contributed by atoms with Crippen LogP contribution in [0.1, 0.15) is 35.8 Å². The Morgan fingerprint density at radius 3 is 3.04 bits per heavy atom. The summed E-state index contributed by atoms with van der Waals surface area (Å²) in [5.74, 6) is 3.13. The lowest BCUT2D eigenvalue weighted by Crippen LogP contribution is -2.34. The van der Waals surface area contributed by atoms with Crippen LogP contribution in [0.4, 0.5) is 0 Å². The molecule has 0 radical (unpaired) electrons. The summed E-state index contributed by atoms with van der Waals surface area (Å²) in [6.07, 6.45) is 4.09. The number of likely N-dealkylation sites (N-methyl/N-ethyl adjacent to an activating group) is 1. The lowest BCUT2D eigenvalue weighted by atomic mass is 9.88. The summed E-state index contributed by atoms with van der Waals surface area (Å²) in [5, 5.41) is 0. The van der Waals surface area contributed by atoms with Crippen molar-refractivity contribution in [3.8, 4) is 17.2 Å². The molecule has 0 spiro atoms. The summed E-state index contributed by atoms with van der Waals surface area (Å²) in [5.41, 5.74) is 2.23. The van der Waals surface area contributed by atoms with E-state index < -0.39 is 0 Å². The lowest BCUT2D eigenvalue weighted by Gasteiger charge is -2.35. The number of hydrogen-bond acceptors (Lipinski definition) is 6. The molecule has 1 atom stereocenters. The molecule has 2 aliphatic rings. The van der Waals surface area contributed by atoms with Gasteiger partial charge in [0.1, 0.15) is 11.5 Å². The Balaban J connectivity index is 1.58. The second-order valence-electron chi connectivity index (χ2n) is 6.78. The van der Waals surface area contributed by atoms with Crippen molar-refractivity contribution in [2.24, 2.45) is 0 Å². The van der Waals surface area contributed by atoms with Gasteiger partial charge in [0.2, 0.25) is 12.5 Å². The summed E-state index contributed by atoms with van der Waals surface area (Å²) in [7, 11) is 3.69. The molecular formula is C20H23NO5. The van der Waals surface area contributed by atoms with E-state index in [1.54, 1.807) is 13.4 Å². The van der Waals surface area contributed by atoms with E-state index in [4.69, 9.17) is 18.6 Å². The zero-order valence-electron chi connectivity index (χ0n) is 15.1. The predicted molar refractivity (Wildman–Crippen MR) is 94.8 cm³/mol. The molecule has 138 valence electrons. The average molecular weight is 357 g/mol. The number of nitrogens with zero attached hydrogens (tertiary/aromatic N) is 1. The largest absolute Gasteiger partial charge is 0.492 e. The Bertz CT molecular complexity index is 799. The molecule has 2 aromatic rings. The van der Waals surface area contributed by atoms with Crippen LogP contribution >= 0.6 is 0 Å². The number of hydrogen-bond donors (Lipinski definition) is 0. The third-order valence-electron chi connectivity index (χ3n) is 5.20. The first-order valence-corrected chi connectivity index (χ1v) is 8.91. The van der Waals surface area contributed by atoms with Crippen LogP contribution in [-0.4, -0.2) is 38.2 Å². The minimum atomic E-state index is -0.0210. The van der Waals surface area contributed by atoms with Crippen LogP contribution in [0.2, 0.25) is 0 Å². The SMILES string of the molecule is COc1c2c(cc3c1C(CC(=O)CCc1ccco1)N(C)CC3)OCO2. The Kier molecular flexibility index (Phi) is 4.59. The van der Waals surface area contributed by atoms with E-state index in [0.717, 1.165) is 30.0 Å². The molecule has 0 saturated heterocycles. The maximum Gasteiger partial charge on any atom is 0.231 e. The van der Waals surface area contributed by atoms with E-state index in [0.29, 0.717) is 30.8 Å². The quantitative estimate of drug-likeness (QED) is 0.792. The Hall–Kier alpha value is -2.47. The highest BCUT2D eigenvalue weighted by Crippen LogP contribution is 2.50. The molecule has 0 aliphatic carbocycles. The fourth-order valence-corrected chi connectivity index (χ4v) is 3.82. The zero-order valence-corrected chi connectivity index (χ0v) is 15.1. The molecule has 0 bridgehead atoms. The number of Topliss-reactive ketones (excluding diaryl/α,β-unsaturated/α-hetero) is 1. The van der Waals surface area contributed by atoms with E-state index in [-0.39, 0.29) is 18.6 Å². The van der Waals surface area contributed by atoms with Gasteiger partial charge in [-0.1, -0.05) is 0 Å². The summed E-state index contributed by atoms with van der Waals surface area (Å²) in [6.45, 7) is 1.10. The van der Waals surface area contributed by atoms with Gasteiger partial charge in [-0.15, -0.1) is 0 Å². The van der Waals surface area contributed by atoms with Gasteiger partial charge in [0.15, 0.2) is 11.5 Å². The highest BCUT2D eigenvalue weighted by Gasteiger charge is 2.34. The second-order valence-corrected chi connectivity index (χ2v) is 6.78. The molecule has 0 fully saturated rings. The fourth-order valence-electron chi connectivity index (χ4n) is 3.82. The number of methoxy groups -OCH3 is 1. The van der Waals surface area contributed by atoms with Gasteiger partial charge in [-0.25, -0.2) is 0 Å². The van der Waals surface area contributed by atoms with Crippen molar-refractivity contribution in [2.75, 3.05) is 27.5 Å². The standard InChI is InChI=1S/C20H23NO5/c1-21-8-7-13-10-17-19(26-12-25-17)20(23-2)18(13)16(21)11-14(22)5-6-15-4-3-9-24-15/h3-4,9-10,16H,5-8,11-12H2,1-2H3. The Labute approximate surface area is 152 Å². The van der Waals surface area contributed by atoms with Gasteiger partial charge in [0.25, 0.3) is 0 Å². The first-order valence-electron chi connectivity index (χ1n) is 8.91. The summed E-state index contributed by atoms with van der Waals surface area (Å²) in [6, 6.07) is 5.76. The number of ketones is 1. The normalized spacial score (nSPS) is 18.6. The zero-order chi connectivity index (χ0) is 18.1. The highest BCUT2D eigenvalue weighted by molar-refractivity contribution is 5.80. The van der Waals surface area contributed by atoms with E-state index >= 15 is 0 Å². The monoisotopic (exact) mass is 357 g/mol. The third-order valence-corrected chi connectivity index (χ3v) is 5.20. The van der Waals surface area contributed by atoms with Crippen molar-refractivity contribution in [2.45, 2.75) is 31.7 Å². The van der Waals surface area contributed by atoms with Crippen LogP contribution in [0.25, 0.3) is 0 Å². The molecule has 1 aromatic heterocycles. The minimum Gasteiger partial charge on any atom is -0.492 e. The Morgan fingerprint density at radius 1 is 1.38 bits per heavy atom. The van der Waals surface area contributed by atoms with Crippen LogP contribution in [0.3, 0.4) is 0 Å². The molecule has 1 unspecified atom stereocenters. The molecule has 6 nitrogen and oxygen atoms in total. The maximum atomic E-state index is 12.6. The van der Waals surface area contributed by atoms with Gasteiger partial charge in [-0.05, 0) is 37.2 Å². The summed E-state index contributed by atoms with van der Waals surface area (Å²) >= 11 is 0. The van der Waals surface area contributed by atoms with Crippen LogP contribution in [0, 0.1) is 0 Å². The lowest BCUT2D eigenvalue weighted by molar-refractivity contribution is -0.120. The molecular weight excluding hydrogens is 334 g/mol. The third kappa shape index (κ3) is 3.05. The molecule has 0 saturated carbocycles. The first-order chi connectivity index (χ1) is 12.7. The van der Waals surface area contributed by atoms with Crippen molar-refractivity contribution in [3.05, 3.63) is 41.3 Å². The smallest absolute Gasteiger partial charge is 0.231 e. The van der Waals surface area contributed by atoms with E-state index in [1.807, 2.05) is 18.2 Å². The number of carbonyl (C=O) groups excluding carboxylic acids is 1. The summed E-state index contributed by atoms with van der Waals surface area (Å²) in [4.78, 5) is 14.9. The molecule has 3 heterocycles. The number of benzene rings is 1. The van der Waals surface area contributed by atoms with Crippen LogP contribution in [0.5, 0.6) is 17.2 Å². The Morgan fingerprint density at radius 2 is 2.27 bits per heavy atom. The first kappa shape index (κ1) is 17.0. The van der Waals surface area contributed by atoms with Gasteiger partial charge >= 0.3 is 0 Å². The van der Waals surface area contributed by atoms with Crippen molar-refractivity contribution in [3.63, 3.8) is 0 Å². The van der Waals surface area contributed by atoms with Crippen LogP contribution in [-0.2, 0) is 17.6 Å². The molecule has 1 aromatic carbocycles. The van der Waals surface area contributed by atoms with Gasteiger partial charge < -0.3 is 18.6 Å². The van der Waals surface area contributed by atoms with E-state index in [2.05, 4.69) is 11.9 Å². The molecule has 6 heteroatoms. The maximum absolute atomic E-state index is 12.6. The molecule has 26 heavy (non-hydrogen) atoms. The number of ether oxygens (including phenoxy) is 3. The van der Waals surface area contributed by atoms with Crippen molar-refractivity contribution < 1.29 is 23.4 Å². The predicted octanol–water partition coefficient (Wildman–Crippen LogP) is 3.14. The molecule has 2 aliphatic heterocycles.